The van der Waals surface area contributed by atoms with Gasteiger partial charge in [0.1, 0.15) is 11.2 Å². The van der Waals surface area contributed by atoms with Crippen molar-refractivity contribution in [3.63, 3.8) is 0 Å². The van der Waals surface area contributed by atoms with Gasteiger partial charge in [0.2, 0.25) is 0 Å². The number of furan rings is 1. The zero-order valence-electron chi connectivity index (χ0n) is 34.5. The van der Waals surface area contributed by atoms with Gasteiger partial charge in [-0.15, -0.1) is 0 Å². The molecule has 0 amide bonds. The molecule has 1 nitrogen and oxygen atoms in total. The number of rotatable bonds is 3. The summed E-state index contributed by atoms with van der Waals surface area (Å²) in [5.74, 6) is 0. The molecule has 0 spiro atoms. The van der Waals surface area contributed by atoms with Gasteiger partial charge in [-0.3, -0.25) is 0 Å². The third kappa shape index (κ3) is 3.72. The molecular weight excluding hydrogens is 520 g/mol. The van der Waals surface area contributed by atoms with Crippen LogP contribution in [0.2, 0.25) is 0 Å². The summed E-state index contributed by atoms with van der Waals surface area (Å²) >= 11 is 0. The summed E-state index contributed by atoms with van der Waals surface area (Å²) in [6, 6.07) is 20.5. The van der Waals surface area contributed by atoms with E-state index in [4.69, 9.17) is 15.4 Å². The van der Waals surface area contributed by atoms with Gasteiger partial charge >= 0.3 is 0 Å². The molecule has 200 valence electrons. The molecule has 1 aromatic heterocycles. The van der Waals surface area contributed by atoms with Gasteiger partial charge in [-0.2, -0.15) is 0 Å². The highest BCUT2D eigenvalue weighted by Crippen LogP contribution is 2.46. The van der Waals surface area contributed by atoms with Crippen molar-refractivity contribution in [3.8, 4) is 33.4 Å². The molecule has 0 saturated heterocycles. The Morgan fingerprint density at radius 1 is 0.419 bits per heavy atom. The fourth-order valence-corrected chi connectivity index (χ4v) is 6.13. The van der Waals surface area contributed by atoms with Crippen LogP contribution in [-0.4, -0.2) is 0 Å². The molecule has 1 heteroatoms. The van der Waals surface area contributed by atoms with Crippen molar-refractivity contribution in [1.29, 1.82) is 0 Å². The van der Waals surface area contributed by atoms with E-state index >= 15 is 0 Å². The summed E-state index contributed by atoms with van der Waals surface area (Å²) in [4.78, 5) is 0. The zero-order valence-corrected chi connectivity index (χ0v) is 22.5. The molecule has 0 fully saturated rings. The molecule has 0 saturated carbocycles. The van der Waals surface area contributed by atoms with E-state index in [9.17, 15) is 5.48 Å². The van der Waals surface area contributed by atoms with E-state index in [1.54, 1.807) is 30.3 Å². The number of para-hydroxylation sites is 1. The van der Waals surface area contributed by atoms with Crippen molar-refractivity contribution in [2.45, 2.75) is 0 Å². The lowest BCUT2D eigenvalue weighted by Crippen LogP contribution is -1.91. The highest BCUT2D eigenvalue weighted by atomic mass is 16.3. The molecular formula is C42H26O. The lowest BCUT2D eigenvalue weighted by Gasteiger charge is -2.18. The Morgan fingerprint density at radius 3 is 1.72 bits per heavy atom. The molecule has 0 bridgehead atoms. The van der Waals surface area contributed by atoms with Gasteiger partial charge in [0.25, 0.3) is 0 Å². The van der Waals surface area contributed by atoms with E-state index in [1.165, 1.54) is 0 Å². The SMILES string of the molecule is [2H]c1c([2H])c([2H])c2c(oc3cccc(-c4c5c([2H])c([2H])c([2H])c([2H])c5c(-c5ccc(-c6ccc7ccccc7c6)cc5)c5c([2H])c([2H])c([2H])c([2H])c45)c32)c1[2H]. The van der Waals surface area contributed by atoms with Crippen LogP contribution in [0.1, 0.15) is 16.4 Å². The van der Waals surface area contributed by atoms with Gasteiger partial charge in [-0.25, -0.2) is 0 Å². The van der Waals surface area contributed by atoms with Crippen LogP contribution in [0.5, 0.6) is 0 Å². The normalized spacial score (nSPS) is 15.6. The molecule has 0 aliphatic rings. The Labute approximate surface area is 266 Å². The first kappa shape index (κ1) is 15.0. The number of fused-ring (bicyclic) bond motifs is 6. The second-order valence-corrected chi connectivity index (χ2v) is 10.4. The Balaban J connectivity index is 1.47. The largest absolute Gasteiger partial charge is 0.456 e. The van der Waals surface area contributed by atoms with Gasteiger partial charge in [0.05, 0.1) is 16.4 Å². The van der Waals surface area contributed by atoms with Crippen molar-refractivity contribution < 1.29 is 20.9 Å². The second kappa shape index (κ2) is 9.44. The lowest BCUT2D eigenvalue weighted by atomic mass is 9.84. The highest BCUT2D eigenvalue weighted by Gasteiger charge is 2.20. The molecule has 8 aromatic carbocycles. The van der Waals surface area contributed by atoms with Crippen molar-refractivity contribution in [2.24, 2.45) is 0 Å². The third-order valence-electron chi connectivity index (χ3n) is 8.04. The van der Waals surface area contributed by atoms with Crippen molar-refractivity contribution >= 4 is 54.3 Å². The molecule has 0 unspecified atom stereocenters. The first-order chi connectivity index (χ1) is 26.3. The van der Waals surface area contributed by atoms with E-state index in [1.807, 2.05) is 48.5 Å². The summed E-state index contributed by atoms with van der Waals surface area (Å²) in [7, 11) is 0. The molecule has 9 rings (SSSR count). The van der Waals surface area contributed by atoms with Gasteiger partial charge in [0, 0.05) is 10.8 Å². The van der Waals surface area contributed by atoms with E-state index in [-0.39, 0.29) is 66.2 Å². The lowest BCUT2D eigenvalue weighted by molar-refractivity contribution is 0.669. The van der Waals surface area contributed by atoms with Crippen LogP contribution in [0.15, 0.2) is 162 Å². The maximum Gasteiger partial charge on any atom is 0.136 e. The summed E-state index contributed by atoms with van der Waals surface area (Å²) in [5.41, 5.74) is 2.78. The number of hydrogen-bond donors (Lipinski definition) is 0. The van der Waals surface area contributed by atoms with Gasteiger partial charge < -0.3 is 4.42 Å². The molecule has 43 heavy (non-hydrogen) atoms. The van der Waals surface area contributed by atoms with Crippen LogP contribution < -0.4 is 0 Å². The van der Waals surface area contributed by atoms with Crippen LogP contribution >= 0.6 is 0 Å². The van der Waals surface area contributed by atoms with Gasteiger partial charge in [-0.05, 0) is 83.9 Å². The van der Waals surface area contributed by atoms with Crippen LogP contribution in [0.25, 0.3) is 87.6 Å². The van der Waals surface area contributed by atoms with E-state index in [0.717, 1.165) is 21.9 Å². The summed E-state index contributed by atoms with van der Waals surface area (Å²) in [5, 5.41) is 2.42. The molecule has 1 heterocycles. The zero-order chi connectivity index (χ0) is 38.8. The van der Waals surface area contributed by atoms with Crippen molar-refractivity contribution in [2.75, 3.05) is 0 Å². The average Bonchev–Trinajstić information content (AvgIpc) is 3.61. The van der Waals surface area contributed by atoms with E-state index in [0.29, 0.717) is 5.56 Å². The van der Waals surface area contributed by atoms with Crippen LogP contribution in [0.4, 0.5) is 0 Å². The molecule has 0 radical (unpaired) electrons. The molecule has 0 atom stereocenters. The van der Waals surface area contributed by atoms with Crippen molar-refractivity contribution in [1.82, 2.24) is 0 Å². The van der Waals surface area contributed by atoms with E-state index < -0.39 is 66.5 Å². The first-order valence-corrected chi connectivity index (χ1v) is 13.8. The smallest absolute Gasteiger partial charge is 0.136 e. The maximum atomic E-state index is 9.33. The monoisotopic (exact) mass is 558 g/mol. The van der Waals surface area contributed by atoms with Crippen LogP contribution in [0.3, 0.4) is 0 Å². The van der Waals surface area contributed by atoms with Gasteiger partial charge in [0.15, 0.2) is 0 Å². The molecule has 0 aliphatic heterocycles. The van der Waals surface area contributed by atoms with Crippen LogP contribution in [-0.2, 0) is 0 Å². The second-order valence-electron chi connectivity index (χ2n) is 10.4. The Kier molecular flexibility index (Phi) is 3.29. The topological polar surface area (TPSA) is 13.1 Å². The fourth-order valence-electron chi connectivity index (χ4n) is 6.13. The minimum atomic E-state index is -0.553. The third-order valence-corrected chi connectivity index (χ3v) is 8.04. The summed E-state index contributed by atoms with van der Waals surface area (Å²) in [6.07, 6.45) is 0. The number of hydrogen-bond acceptors (Lipinski definition) is 1. The highest BCUT2D eigenvalue weighted by molar-refractivity contribution is 6.25. The minimum Gasteiger partial charge on any atom is -0.456 e. The minimum absolute atomic E-state index is 0.0141. The Morgan fingerprint density at radius 2 is 1.00 bits per heavy atom. The summed E-state index contributed by atoms with van der Waals surface area (Å²) < 4.78 is 112. The average molecular weight is 559 g/mol. The molecule has 0 aliphatic carbocycles. The van der Waals surface area contributed by atoms with Crippen LogP contribution in [0, 0.1) is 0 Å². The van der Waals surface area contributed by atoms with Gasteiger partial charge in [-0.1, -0.05) is 139 Å². The molecule has 0 N–H and O–H groups in total. The maximum absolute atomic E-state index is 9.33. The fraction of sp³-hybridized carbons (Fsp3) is 0. The standard InChI is InChI=1S/C42H26O/c1-2-11-30-26-31(25-22-27(30)10-1)28-20-23-29(24-21-28)40-32-12-3-5-14-34(32)41(35-15-6-4-13-33(35)40)37-17-9-19-39-42(37)36-16-7-8-18-38(36)43-39/h1-26H/i3D,4D,5D,6D,7D,8D,12D,13D,14D,15D,16D,18D. The number of benzene rings is 8. The predicted molar refractivity (Wildman–Crippen MR) is 183 cm³/mol. The van der Waals surface area contributed by atoms with Crippen molar-refractivity contribution in [3.05, 3.63) is 157 Å². The molecule has 9 aromatic rings. The summed E-state index contributed by atoms with van der Waals surface area (Å²) in [6.45, 7) is 0. The predicted octanol–water partition coefficient (Wildman–Crippen LogP) is 12.0. The Bertz CT molecular complexity index is 3090. The van der Waals surface area contributed by atoms with E-state index in [2.05, 4.69) is 6.07 Å². The first-order valence-electron chi connectivity index (χ1n) is 19.8. The Hall–Kier alpha value is -5.66. The quantitative estimate of drug-likeness (QED) is 0.197.